The highest BCUT2D eigenvalue weighted by Gasteiger charge is 2.15. The largest absolute Gasteiger partial charge is 0.454 e. The van der Waals surface area contributed by atoms with Crippen molar-refractivity contribution in [1.82, 2.24) is 5.43 Å². The maximum Gasteiger partial charge on any atom is 0.281 e. The molecule has 0 atom stereocenters. The Morgan fingerprint density at radius 1 is 1.35 bits per heavy atom. The number of rotatable bonds is 3. The van der Waals surface area contributed by atoms with E-state index in [-0.39, 0.29) is 12.7 Å². The van der Waals surface area contributed by atoms with E-state index < -0.39 is 0 Å². The first kappa shape index (κ1) is 12.7. The fourth-order valence-electron chi connectivity index (χ4n) is 1.83. The van der Waals surface area contributed by atoms with Crippen molar-refractivity contribution < 1.29 is 14.3 Å². The molecule has 0 fully saturated rings. The van der Waals surface area contributed by atoms with Crippen LogP contribution >= 0.6 is 11.3 Å². The first-order valence-corrected chi connectivity index (χ1v) is 6.84. The van der Waals surface area contributed by atoms with Gasteiger partial charge in [0.25, 0.3) is 5.91 Å². The van der Waals surface area contributed by atoms with Gasteiger partial charge in [0.05, 0.1) is 11.1 Å². The molecule has 3 rings (SSSR count). The van der Waals surface area contributed by atoms with Crippen LogP contribution in [0.1, 0.15) is 20.1 Å². The Hall–Kier alpha value is -2.34. The second kappa shape index (κ2) is 5.34. The number of ether oxygens (including phenoxy) is 2. The summed E-state index contributed by atoms with van der Waals surface area (Å²) in [6.45, 7) is 2.16. The van der Waals surface area contributed by atoms with Crippen molar-refractivity contribution in [1.29, 1.82) is 0 Å². The summed E-state index contributed by atoms with van der Waals surface area (Å²) in [6, 6.07) is 9.20. The third-order valence-electron chi connectivity index (χ3n) is 2.76. The van der Waals surface area contributed by atoms with Crippen molar-refractivity contribution >= 4 is 23.5 Å². The number of thiophene rings is 1. The van der Waals surface area contributed by atoms with Crippen LogP contribution in [0.5, 0.6) is 11.5 Å². The van der Waals surface area contributed by atoms with Crippen LogP contribution in [0.2, 0.25) is 0 Å². The summed E-state index contributed by atoms with van der Waals surface area (Å²) in [5.74, 6) is 1.12. The molecule has 0 bridgehead atoms. The first-order chi connectivity index (χ1) is 9.74. The van der Waals surface area contributed by atoms with Gasteiger partial charge in [-0.2, -0.15) is 5.10 Å². The zero-order valence-corrected chi connectivity index (χ0v) is 11.6. The molecule has 6 heteroatoms. The van der Waals surface area contributed by atoms with Gasteiger partial charge in [0.15, 0.2) is 11.5 Å². The number of hydrogen-bond acceptors (Lipinski definition) is 5. The Labute approximate surface area is 119 Å². The maximum absolute atomic E-state index is 11.8. The van der Waals surface area contributed by atoms with Gasteiger partial charge in [-0.3, -0.25) is 4.79 Å². The molecule has 0 saturated heterocycles. The fourth-order valence-corrected chi connectivity index (χ4v) is 2.58. The highest BCUT2D eigenvalue weighted by molar-refractivity contribution is 7.13. The number of hydrazone groups is 1. The summed E-state index contributed by atoms with van der Waals surface area (Å²) in [5.41, 5.74) is 3.26. The minimum atomic E-state index is -0.218. The minimum absolute atomic E-state index is 0.209. The highest BCUT2D eigenvalue weighted by Crippen LogP contribution is 2.34. The zero-order valence-electron chi connectivity index (χ0n) is 10.8. The van der Waals surface area contributed by atoms with E-state index in [2.05, 4.69) is 10.5 Å². The van der Waals surface area contributed by atoms with Gasteiger partial charge < -0.3 is 9.47 Å². The molecule has 2 heterocycles. The Morgan fingerprint density at radius 2 is 2.25 bits per heavy atom. The molecule has 5 nitrogen and oxygen atoms in total. The van der Waals surface area contributed by atoms with Crippen LogP contribution in [0.25, 0.3) is 0 Å². The first-order valence-electron chi connectivity index (χ1n) is 6.02. The lowest BCUT2D eigenvalue weighted by Crippen LogP contribution is -2.16. The van der Waals surface area contributed by atoms with Gasteiger partial charge in [0.2, 0.25) is 6.79 Å². The Bertz CT molecular complexity index is 679. The predicted molar refractivity (Wildman–Crippen MR) is 76.7 cm³/mol. The van der Waals surface area contributed by atoms with Crippen LogP contribution in [0.3, 0.4) is 0 Å². The summed E-state index contributed by atoms with van der Waals surface area (Å²) in [4.78, 5) is 13.5. The van der Waals surface area contributed by atoms with Crippen molar-refractivity contribution in [3.8, 4) is 11.5 Å². The standard InChI is InChI=1S/C14H12N2O3S/c1-9-5-6-12(20-9)14(17)16-15-7-10-3-2-4-11-13(10)19-8-18-11/h2-7H,8H2,1H3,(H,16,17). The molecule has 1 N–H and O–H groups in total. The molecule has 102 valence electrons. The maximum atomic E-state index is 11.8. The van der Waals surface area contributed by atoms with Crippen LogP contribution in [-0.2, 0) is 0 Å². The van der Waals surface area contributed by atoms with Crippen molar-refractivity contribution in [3.63, 3.8) is 0 Å². The number of fused-ring (bicyclic) bond motifs is 1. The molecule has 0 radical (unpaired) electrons. The van der Waals surface area contributed by atoms with E-state index in [4.69, 9.17) is 9.47 Å². The fraction of sp³-hybridized carbons (Fsp3) is 0.143. The molecule has 1 aliphatic rings. The van der Waals surface area contributed by atoms with E-state index in [0.29, 0.717) is 16.4 Å². The highest BCUT2D eigenvalue weighted by atomic mass is 32.1. The van der Waals surface area contributed by atoms with Crippen molar-refractivity contribution in [3.05, 3.63) is 45.6 Å². The van der Waals surface area contributed by atoms with Crippen LogP contribution in [0.4, 0.5) is 0 Å². The van der Waals surface area contributed by atoms with Gasteiger partial charge in [0, 0.05) is 10.4 Å². The average molecular weight is 288 g/mol. The normalized spacial score (nSPS) is 12.8. The van der Waals surface area contributed by atoms with E-state index >= 15 is 0 Å². The zero-order chi connectivity index (χ0) is 13.9. The number of carbonyl (C=O) groups is 1. The van der Waals surface area contributed by atoms with Gasteiger partial charge in [-0.1, -0.05) is 6.07 Å². The monoisotopic (exact) mass is 288 g/mol. The lowest BCUT2D eigenvalue weighted by atomic mass is 10.2. The third-order valence-corrected chi connectivity index (χ3v) is 3.76. The number of aryl methyl sites for hydroxylation is 1. The molecule has 0 aliphatic carbocycles. The van der Waals surface area contributed by atoms with Crippen LogP contribution in [-0.4, -0.2) is 18.9 Å². The van der Waals surface area contributed by atoms with Gasteiger partial charge in [0.1, 0.15) is 0 Å². The average Bonchev–Trinajstić information content (AvgIpc) is 3.07. The Balaban J connectivity index is 1.69. The second-order valence-corrected chi connectivity index (χ2v) is 5.48. The van der Waals surface area contributed by atoms with Gasteiger partial charge in [-0.25, -0.2) is 5.43 Å². The lowest BCUT2D eigenvalue weighted by Gasteiger charge is -2.00. The van der Waals surface area contributed by atoms with E-state index in [1.54, 1.807) is 12.3 Å². The molecule has 0 spiro atoms. The molecule has 1 aliphatic heterocycles. The molecular formula is C14H12N2O3S. The molecule has 2 aromatic rings. The molecular weight excluding hydrogens is 276 g/mol. The summed E-state index contributed by atoms with van der Waals surface area (Å²) in [6.07, 6.45) is 1.55. The topological polar surface area (TPSA) is 59.9 Å². The van der Waals surface area contributed by atoms with Crippen LogP contribution in [0.15, 0.2) is 35.4 Å². The number of benzene rings is 1. The smallest absolute Gasteiger partial charge is 0.281 e. The molecule has 1 aromatic heterocycles. The van der Waals surface area contributed by atoms with Gasteiger partial charge >= 0.3 is 0 Å². The van der Waals surface area contributed by atoms with Crippen molar-refractivity contribution in [2.75, 3.05) is 6.79 Å². The summed E-state index contributed by atoms with van der Waals surface area (Å²) in [5, 5.41) is 3.95. The van der Waals surface area contributed by atoms with Crippen LogP contribution < -0.4 is 14.9 Å². The summed E-state index contributed by atoms with van der Waals surface area (Å²) < 4.78 is 10.6. The molecule has 0 unspecified atom stereocenters. The summed E-state index contributed by atoms with van der Waals surface area (Å²) in [7, 11) is 0. The number of nitrogens with zero attached hydrogens (tertiary/aromatic N) is 1. The van der Waals surface area contributed by atoms with E-state index in [1.807, 2.05) is 31.2 Å². The molecule has 1 amide bonds. The Kier molecular flexibility index (Phi) is 3.39. The molecule has 1 aromatic carbocycles. The van der Waals surface area contributed by atoms with E-state index in [1.165, 1.54) is 11.3 Å². The molecule has 0 saturated carbocycles. The van der Waals surface area contributed by atoms with E-state index in [9.17, 15) is 4.79 Å². The SMILES string of the molecule is Cc1ccc(C(=O)NN=Cc2cccc3c2OCO3)s1. The molecule has 20 heavy (non-hydrogen) atoms. The summed E-state index contributed by atoms with van der Waals surface area (Å²) >= 11 is 1.43. The van der Waals surface area contributed by atoms with Gasteiger partial charge in [-0.15, -0.1) is 11.3 Å². The third kappa shape index (κ3) is 2.50. The number of para-hydroxylation sites is 1. The van der Waals surface area contributed by atoms with Crippen molar-refractivity contribution in [2.24, 2.45) is 5.10 Å². The number of carbonyl (C=O) groups excluding carboxylic acids is 1. The number of nitrogens with one attached hydrogen (secondary N) is 1. The number of amides is 1. The lowest BCUT2D eigenvalue weighted by molar-refractivity contribution is 0.0959. The predicted octanol–water partition coefficient (Wildman–Crippen LogP) is 2.55. The number of hydrogen-bond donors (Lipinski definition) is 1. The van der Waals surface area contributed by atoms with E-state index in [0.717, 1.165) is 10.4 Å². The van der Waals surface area contributed by atoms with Gasteiger partial charge in [-0.05, 0) is 31.2 Å². The minimum Gasteiger partial charge on any atom is -0.454 e. The Morgan fingerprint density at radius 3 is 3.05 bits per heavy atom. The van der Waals surface area contributed by atoms with Crippen molar-refractivity contribution in [2.45, 2.75) is 6.92 Å². The quantitative estimate of drug-likeness (QED) is 0.697. The second-order valence-electron chi connectivity index (χ2n) is 4.19. The van der Waals surface area contributed by atoms with Crippen LogP contribution in [0, 0.1) is 6.92 Å².